The van der Waals surface area contributed by atoms with Gasteiger partial charge in [0, 0.05) is 16.0 Å². The first-order valence-corrected chi connectivity index (χ1v) is 3.99. The molecular weight excluding hydrogens is 242 g/mol. The van der Waals surface area contributed by atoms with Crippen molar-refractivity contribution in [3.63, 3.8) is 0 Å². The van der Waals surface area contributed by atoms with Gasteiger partial charge in [-0.1, -0.05) is 22.6 Å². The van der Waals surface area contributed by atoms with E-state index in [0.29, 0.717) is 0 Å². The lowest BCUT2D eigenvalue weighted by atomic mass is 10.5. The molecule has 1 atom stereocenters. The zero-order valence-corrected chi connectivity index (χ0v) is 7.27. The molecule has 48 valence electrons. The van der Waals surface area contributed by atoms with Crippen molar-refractivity contribution in [3.05, 3.63) is 0 Å². The fraction of sp³-hybridized carbons (Fsp3) is 0.750. The Labute approximate surface area is 66.7 Å². The first-order valence-electron chi connectivity index (χ1n) is 2.09. The molecule has 4 heteroatoms. The van der Waals surface area contributed by atoms with Crippen LogP contribution in [-0.2, 0) is 4.74 Å². The number of ether oxygens (including phenoxy) is 1. The van der Waals surface area contributed by atoms with Crippen LogP contribution in [0.1, 0.15) is 6.92 Å². The monoisotopic (exact) mass is 248 g/mol. The quantitative estimate of drug-likeness (QED) is 0.425. The normalized spacial score (nSPS) is 12.9. The van der Waals surface area contributed by atoms with Crippen LogP contribution < -0.4 is 0 Å². The molecule has 0 amide bonds. The standard InChI is InChI=1S/C4H6ClIO2/c1-3(2-6)8-4(5)7/h3H,2H2,1H3. The molecule has 0 saturated carbocycles. The van der Waals surface area contributed by atoms with Crippen molar-refractivity contribution in [2.75, 3.05) is 4.43 Å². The van der Waals surface area contributed by atoms with Crippen LogP contribution in [0, 0.1) is 0 Å². The summed E-state index contributed by atoms with van der Waals surface area (Å²) < 4.78 is 5.29. The molecule has 0 spiro atoms. The summed E-state index contributed by atoms with van der Waals surface area (Å²) >= 11 is 7.00. The van der Waals surface area contributed by atoms with Crippen LogP contribution in [0.4, 0.5) is 4.79 Å². The van der Waals surface area contributed by atoms with Crippen LogP contribution in [0.2, 0.25) is 0 Å². The molecule has 0 aromatic heterocycles. The Bertz CT molecular complexity index is 86.1. The average Bonchev–Trinajstić information content (AvgIpc) is 1.65. The summed E-state index contributed by atoms with van der Waals surface area (Å²) in [5.74, 6) is 0. The van der Waals surface area contributed by atoms with E-state index >= 15 is 0 Å². The number of rotatable bonds is 2. The lowest BCUT2D eigenvalue weighted by Crippen LogP contribution is -2.10. The van der Waals surface area contributed by atoms with Gasteiger partial charge in [-0.05, 0) is 6.92 Å². The fourth-order valence-corrected chi connectivity index (χ4v) is 0.522. The second-order valence-corrected chi connectivity index (χ2v) is 2.51. The minimum absolute atomic E-state index is 0.0689. The van der Waals surface area contributed by atoms with Gasteiger partial charge >= 0.3 is 5.43 Å². The lowest BCUT2D eigenvalue weighted by Gasteiger charge is -2.04. The largest absolute Gasteiger partial charge is 0.450 e. The van der Waals surface area contributed by atoms with Crippen molar-refractivity contribution in [1.29, 1.82) is 0 Å². The molecule has 8 heavy (non-hydrogen) atoms. The van der Waals surface area contributed by atoms with Crippen LogP contribution in [0.25, 0.3) is 0 Å². The maximum atomic E-state index is 9.95. The third-order valence-electron chi connectivity index (χ3n) is 0.511. The van der Waals surface area contributed by atoms with Crippen molar-refractivity contribution >= 4 is 39.6 Å². The molecule has 0 aliphatic rings. The third-order valence-corrected chi connectivity index (χ3v) is 1.84. The highest BCUT2D eigenvalue weighted by Gasteiger charge is 2.02. The fourth-order valence-electron chi connectivity index (χ4n) is 0.190. The Morgan fingerprint density at radius 3 is 2.62 bits per heavy atom. The maximum Gasteiger partial charge on any atom is 0.404 e. The Kier molecular flexibility index (Phi) is 4.64. The number of carbonyl (C=O) groups is 1. The lowest BCUT2D eigenvalue weighted by molar-refractivity contribution is 0.144. The van der Waals surface area contributed by atoms with Crippen molar-refractivity contribution in [2.45, 2.75) is 13.0 Å². The van der Waals surface area contributed by atoms with Crippen LogP contribution in [0.5, 0.6) is 0 Å². The number of carbonyl (C=O) groups excluding carboxylic acids is 1. The van der Waals surface area contributed by atoms with Crippen molar-refractivity contribution in [2.24, 2.45) is 0 Å². The highest BCUT2D eigenvalue weighted by atomic mass is 127. The van der Waals surface area contributed by atoms with Crippen LogP contribution in [-0.4, -0.2) is 16.0 Å². The van der Waals surface area contributed by atoms with E-state index in [4.69, 9.17) is 11.6 Å². The highest BCUT2D eigenvalue weighted by Crippen LogP contribution is 1.98. The van der Waals surface area contributed by atoms with E-state index in [0.717, 1.165) is 4.43 Å². The molecule has 0 aliphatic carbocycles. The van der Waals surface area contributed by atoms with E-state index in [1.807, 2.05) is 0 Å². The number of alkyl halides is 1. The van der Waals surface area contributed by atoms with Crippen LogP contribution >= 0.6 is 34.2 Å². The van der Waals surface area contributed by atoms with Gasteiger partial charge in [0.25, 0.3) is 0 Å². The van der Waals surface area contributed by atoms with E-state index in [1.54, 1.807) is 6.92 Å². The van der Waals surface area contributed by atoms with Gasteiger partial charge in [0.2, 0.25) is 0 Å². The SMILES string of the molecule is CC(CI)OC(=O)Cl. The van der Waals surface area contributed by atoms with Gasteiger partial charge in [-0.3, -0.25) is 0 Å². The molecule has 0 bridgehead atoms. The summed E-state index contributed by atoms with van der Waals surface area (Å²) in [6, 6.07) is 0. The van der Waals surface area contributed by atoms with E-state index in [-0.39, 0.29) is 6.10 Å². The van der Waals surface area contributed by atoms with Gasteiger partial charge in [0.15, 0.2) is 0 Å². The Morgan fingerprint density at radius 1 is 2.00 bits per heavy atom. The minimum Gasteiger partial charge on any atom is -0.450 e. The maximum absolute atomic E-state index is 9.95. The summed E-state index contributed by atoms with van der Waals surface area (Å²) in [6.07, 6.45) is -0.0689. The van der Waals surface area contributed by atoms with E-state index in [1.165, 1.54) is 0 Å². The van der Waals surface area contributed by atoms with Gasteiger partial charge < -0.3 is 4.74 Å². The van der Waals surface area contributed by atoms with Gasteiger partial charge in [-0.2, -0.15) is 0 Å². The van der Waals surface area contributed by atoms with Crippen LogP contribution in [0.15, 0.2) is 0 Å². The molecule has 0 radical (unpaired) electrons. The Morgan fingerprint density at radius 2 is 2.50 bits per heavy atom. The predicted molar refractivity (Wildman–Crippen MR) is 40.7 cm³/mol. The highest BCUT2D eigenvalue weighted by molar-refractivity contribution is 14.1. The molecule has 0 aromatic rings. The first-order chi connectivity index (χ1) is 3.66. The van der Waals surface area contributed by atoms with Gasteiger partial charge in [0.05, 0.1) is 0 Å². The zero-order valence-electron chi connectivity index (χ0n) is 4.36. The molecule has 2 nitrogen and oxygen atoms in total. The van der Waals surface area contributed by atoms with Gasteiger partial charge in [-0.25, -0.2) is 4.79 Å². The summed E-state index contributed by atoms with van der Waals surface area (Å²) in [7, 11) is 0. The molecule has 1 unspecified atom stereocenters. The smallest absolute Gasteiger partial charge is 0.404 e. The van der Waals surface area contributed by atoms with E-state index < -0.39 is 5.43 Å². The molecule has 0 rings (SSSR count). The van der Waals surface area contributed by atoms with Gasteiger partial charge in [0.1, 0.15) is 6.10 Å². The summed E-state index contributed by atoms with van der Waals surface area (Å²) in [6.45, 7) is 1.78. The van der Waals surface area contributed by atoms with E-state index in [9.17, 15) is 4.79 Å². The first kappa shape index (κ1) is 8.49. The molecule has 0 saturated heterocycles. The molecular formula is C4H6ClIO2. The van der Waals surface area contributed by atoms with Crippen molar-refractivity contribution < 1.29 is 9.53 Å². The molecule has 0 aromatic carbocycles. The molecule has 0 N–H and O–H groups in total. The second-order valence-electron chi connectivity index (χ2n) is 1.32. The minimum atomic E-state index is -0.728. The number of hydrogen-bond donors (Lipinski definition) is 0. The van der Waals surface area contributed by atoms with Crippen molar-refractivity contribution in [3.8, 4) is 0 Å². The topological polar surface area (TPSA) is 26.3 Å². The Balaban J connectivity index is 3.24. The molecule has 0 heterocycles. The second kappa shape index (κ2) is 4.38. The molecule has 0 aliphatic heterocycles. The van der Waals surface area contributed by atoms with Crippen LogP contribution in [0.3, 0.4) is 0 Å². The summed E-state index contributed by atoms with van der Waals surface area (Å²) in [5.41, 5.74) is -0.728. The van der Waals surface area contributed by atoms with Crippen molar-refractivity contribution in [1.82, 2.24) is 0 Å². The Hall–Kier alpha value is 0.490. The number of hydrogen-bond acceptors (Lipinski definition) is 2. The zero-order chi connectivity index (χ0) is 6.57. The summed E-state index contributed by atoms with van der Waals surface area (Å²) in [5, 5.41) is 0. The predicted octanol–water partition coefficient (Wildman–Crippen LogP) is 2.19. The average molecular weight is 248 g/mol. The molecule has 0 fully saturated rings. The summed E-state index contributed by atoms with van der Waals surface area (Å²) in [4.78, 5) is 9.95. The number of halogens is 2. The third kappa shape index (κ3) is 4.64. The van der Waals surface area contributed by atoms with Gasteiger partial charge in [-0.15, -0.1) is 0 Å². The van der Waals surface area contributed by atoms with E-state index in [2.05, 4.69) is 27.3 Å².